The molecule has 27 heavy (non-hydrogen) atoms. The van der Waals surface area contributed by atoms with Crippen molar-refractivity contribution in [1.29, 1.82) is 0 Å². The first-order chi connectivity index (χ1) is 12.9. The van der Waals surface area contributed by atoms with E-state index in [0.717, 1.165) is 32.4 Å². The van der Waals surface area contributed by atoms with Crippen LogP contribution in [0, 0.1) is 5.92 Å². The van der Waals surface area contributed by atoms with Crippen molar-refractivity contribution >= 4 is 12.0 Å². The van der Waals surface area contributed by atoms with E-state index in [2.05, 4.69) is 21.8 Å². The fourth-order valence-corrected chi connectivity index (χ4v) is 3.64. The average Bonchev–Trinajstić information content (AvgIpc) is 3.08. The zero-order chi connectivity index (χ0) is 19.4. The number of nitrogens with two attached hydrogens (primary N) is 1. The van der Waals surface area contributed by atoms with Gasteiger partial charge < -0.3 is 25.0 Å². The van der Waals surface area contributed by atoms with Gasteiger partial charge in [0.2, 0.25) is 5.95 Å². The highest BCUT2D eigenvalue weighted by Crippen LogP contribution is 2.25. The number of hydrogen-bond acceptors (Lipinski definition) is 7. The van der Waals surface area contributed by atoms with Crippen LogP contribution < -0.4 is 15.4 Å². The first kappa shape index (κ1) is 19.7. The van der Waals surface area contributed by atoms with Gasteiger partial charge in [-0.25, -0.2) is 14.8 Å². The third-order valence-electron chi connectivity index (χ3n) is 5.24. The molecule has 8 heteroatoms. The number of ether oxygens (including phenoxy) is 2. The number of nitrogens with zero attached hydrogens (tertiary/aromatic N) is 4. The van der Waals surface area contributed by atoms with Crippen LogP contribution in [0.3, 0.4) is 0 Å². The molecule has 0 saturated carbocycles. The van der Waals surface area contributed by atoms with Crippen molar-refractivity contribution in [2.45, 2.75) is 58.3 Å². The van der Waals surface area contributed by atoms with E-state index in [1.807, 2.05) is 13.8 Å². The van der Waals surface area contributed by atoms with Gasteiger partial charge in [-0.2, -0.15) is 0 Å². The standard InChI is InChI=1S/C19H31N5O3/c1-13(2)26-19(25)23-7-4-15(5-8-23)14(3)27-17-10-21-18(22-11-17)24-9-6-16(20)12-24/h10-11,13-16H,4-9,12,20H2,1-3H3/t14-,16+/m0/s1. The first-order valence-electron chi connectivity index (χ1n) is 9.87. The molecule has 1 aromatic heterocycles. The summed E-state index contributed by atoms with van der Waals surface area (Å²) in [6.07, 6.45) is 5.98. The molecule has 2 N–H and O–H groups in total. The number of hydrogen-bond donors (Lipinski definition) is 1. The molecule has 150 valence electrons. The number of amides is 1. The van der Waals surface area contributed by atoms with Crippen molar-refractivity contribution < 1.29 is 14.3 Å². The van der Waals surface area contributed by atoms with Crippen LogP contribution in [0.25, 0.3) is 0 Å². The van der Waals surface area contributed by atoms with Crippen molar-refractivity contribution in [1.82, 2.24) is 14.9 Å². The monoisotopic (exact) mass is 377 g/mol. The van der Waals surface area contributed by atoms with E-state index in [1.54, 1.807) is 17.3 Å². The quantitative estimate of drug-likeness (QED) is 0.839. The summed E-state index contributed by atoms with van der Waals surface area (Å²) in [5, 5.41) is 0. The van der Waals surface area contributed by atoms with Gasteiger partial charge >= 0.3 is 6.09 Å². The van der Waals surface area contributed by atoms with Gasteiger partial charge in [0.05, 0.1) is 24.6 Å². The van der Waals surface area contributed by atoms with Crippen LogP contribution in [-0.2, 0) is 4.74 Å². The fourth-order valence-electron chi connectivity index (χ4n) is 3.64. The third-order valence-corrected chi connectivity index (χ3v) is 5.24. The Kier molecular flexibility index (Phi) is 6.36. The van der Waals surface area contributed by atoms with E-state index in [1.165, 1.54) is 0 Å². The van der Waals surface area contributed by atoms with Gasteiger partial charge in [-0.05, 0) is 46.0 Å². The first-order valence-corrected chi connectivity index (χ1v) is 9.87. The lowest BCUT2D eigenvalue weighted by Crippen LogP contribution is -2.42. The van der Waals surface area contributed by atoms with E-state index in [4.69, 9.17) is 15.2 Å². The molecule has 0 unspecified atom stereocenters. The summed E-state index contributed by atoms with van der Waals surface area (Å²) in [5.41, 5.74) is 5.94. The van der Waals surface area contributed by atoms with Crippen LogP contribution in [-0.4, -0.2) is 65.4 Å². The summed E-state index contributed by atoms with van der Waals surface area (Å²) in [5.74, 6) is 1.78. The molecule has 2 aliphatic rings. The van der Waals surface area contributed by atoms with E-state index >= 15 is 0 Å². The summed E-state index contributed by atoms with van der Waals surface area (Å²) in [6.45, 7) is 8.91. The molecule has 0 bridgehead atoms. The minimum atomic E-state index is -0.220. The predicted molar refractivity (Wildman–Crippen MR) is 103 cm³/mol. The lowest BCUT2D eigenvalue weighted by molar-refractivity contribution is 0.0494. The van der Waals surface area contributed by atoms with E-state index in [-0.39, 0.29) is 24.3 Å². The van der Waals surface area contributed by atoms with Crippen molar-refractivity contribution in [3.05, 3.63) is 12.4 Å². The average molecular weight is 377 g/mol. The second-order valence-electron chi connectivity index (χ2n) is 7.79. The van der Waals surface area contributed by atoms with Crippen LogP contribution in [0.5, 0.6) is 5.75 Å². The molecule has 0 aromatic carbocycles. The highest BCUT2D eigenvalue weighted by molar-refractivity contribution is 5.67. The maximum Gasteiger partial charge on any atom is 0.410 e. The lowest BCUT2D eigenvalue weighted by Gasteiger charge is -2.34. The topological polar surface area (TPSA) is 93.8 Å². The predicted octanol–water partition coefficient (Wildman–Crippen LogP) is 2.04. The smallest absolute Gasteiger partial charge is 0.410 e. The lowest BCUT2D eigenvalue weighted by atomic mass is 9.92. The molecule has 0 aliphatic carbocycles. The van der Waals surface area contributed by atoms with Crippen LogP contribution in [0.2, 0.25) is 0 Å². The van der Waals surface area contributed by atoms with E-state index < -0.39 is 0 Å². The molecule has 8 nitrogen and oxygen atoms in total. The Hall–Kier alpha value is -2.09. The van der Waals surface area contributed by atoms with E-state index in [9.17, 15) is 4.79 Å². The van der Waals surface area contributed by atoms with Gasteiger partial charge in [0.25, 0.3) is 0 Å². The molecule has 3 rings (SSSR count). The summed E-state index contributed by atoms with van der Waals surface area (Å²) >= 11 is 0. The molecule has 1 aromatic rings. The molecular weight excluding hydrogens is 346 g/mol. The summed E-state index contributed by atoms with van der Waals surface area (Å²) < 4.78 is 11.3. The zero-order valence-corrected chi connectivity index (χ0v) is 16.5. The van der Waals surface area contributed by atoms with Crippen molar-refractivity contribution in [3.63, 3.8) is 0 Å². The highest BCUT2D eigenvalue weighted by Gasteiger charge is 2.28. The van der Waals surface area contributed by atoms with Crippen LogP contribution in [0.4, 0.5) is 10.7 Å². The molecule has 1 amide bonds. The fraction of sp³-hybridized carbons (Fsp3) is 0.737. The Morgan fingerprint density at radius 3 is 2.37 bits per heavy atom. The Morgan fingerprint density at radius 2 is 1.81 bits per heavy atom. The van der Waals surface area contributed by atoms with Gasteiger partial charge in [0, 0.05) is 32.2 Å². The minimum Gasteiger partial charge on any atom is -0.487 e. The number of anilines is 1. The van der Waals surface area contributed by atoms with Gasteiger partial charge in [0.15, 0.2) is 5.75 Å². The SMILES string of the molecule is CC(C)OC(=O)N1CCC([C@H](C)Oc2cnc(N3CC[C@@H](N)C3)nc2)CC1. The second-order valence-corrected chi connectivity index (χ2v) is 7.79. The molecule has 0 spiro atoms. The highest BCUT2D eigenvalue weighted by atomic mass is 16.6. The Balaban J connectivity index is 1.47. The molecule has 3 heterocycles. The molecule has 2 aliphatic heterocycles. The van der Waals surface area contributed by atoms with E-state index in [0.29, 0.717) is 30.7 Å². The molecular formula is C19H31N5O3. The number of carbonyl (C=O) groups excluding carboxylic acids is 1. The largest absolute Gasteiger partial charge is 0.487 e. The van der Waals surface area contributed by atoms with Gasteiger partial charge in [0.1, 0.15) is 0 Å². The second kappa shape index (κ2) is 8.73. The number of likely N-dealkylation sites (tertiary alicyclic amines) is 1. The summed E-state index contributed by atoms with van der Waals surface area (Å²) in [7, 11) is 0. The summed E-state index contributed by atoms with van der Waals surface area (Å²) in [6, 6.07) is 0.202. The molecule has 0 radical (unpaired) electrons. The van der Waals surface area contributed by atoms with Gasteiger partial charge in [-0.1, -0.05) is 0 Å². The Bertz CT molecular complexity index is 616. The van der Waals surface area contributed by atoms with Crippen LogP contribution >= 0.6 is 0 Å². The number of aromatic nitrogens is 2. The zero-order valence-electron chi connectivity index (χ0n) is 16.5. The third kappa shape index (κ3) is 5.22. The van der Waals surface area contributed by atoms with Crippen molar-refractivity contribution in [2.24, 2.45) is 11.7 Å². The van der Waals surface area contributed by atoms with Crippen LogP contribution in [0.1, 0.15) is 40.0 Å². The number of piperidine rings is 1. The van der Waals surface area contributed by atoms with Crippen LogP contribution in [0.15, 0.2) is 12.4 Å². The maximum absolute atomic E-state index is 12.0. The number of carbonyl (C=O) groups is 1. The van der Waals surface area contributed by atoms with Gasteiger partial charge in [-0.15, -0.1) is 0 Å². The van der Waals surface area contributed by atoms with Gasteiger partial charge in [-0.3, -0.25) is 0 Å². The maximum atomic E-state index is 12.0. The Morgan fingerprint density at radius 1 is 1.15 bits per heavy atom. The van der Waals surface area contributed by atoms with Crippen molar-refractivity contribution in [2.75, 3.05) is 31.1 Å². The summed E-state index contributed by atoms with van der Waals surface area (Å²) in [4.78, 5) is 24.7. The number of rotatable bonds is 5. The normalized spacial score (nSPS) is 22.2. The molecule has 2 atom stereocenters. The Labute approximate surface area is 161 Å². The molecule has 2 saturated heterocycles. The minimum absolute atomic E-state index is 0.0444. The van der Waals surface area contributed by atoms with Crippen molar-refractivity contribution in [3.8, 4) is 5.75 Å². The molecule has 2 fully saturated rings.